The van der Waals surface area contributed by atoms with Crippen molar-refractivity contribution in [2.24, 2.45) is 0 Å². The van der Waals surface area contributed by atoms with Crippen molar-refractivity contribution in [2.45, 2.75) is 18.9 Å². The molecule has 0 aromatic carbocycles. The minimum absolute atomic E-state index is 0.168. The van der Waals surface area contributed by atoms with Gasteiger partial charge < -0.3 is 19.9 Å². The third kappa shape index (κ3) is 8.52. The molecule has 0 aliphatic carbocycles. The summed E-state index contributed by atoms with van der Waals surface area (Å²) in [7, 11) is 1.30. The van der Waals surface area contributed by atoms with Crippen molar-refractivity contribution in [3.8, 4) is 0 Å². The Balaban J connectivity index is 3.78. The zero-order chi connectivity index (χ0) is 13.3. The van der Waals surface area contributed by atoms with Crippen LogP contribution in [0.5, 0.6) is 0 Å². The van der Waals surface area contributed by atoms with Gasteiger partial charge in [-0.3, -0.25) is 4.79 Å². The van der Waals surface area contributed by atoms with Gasteiger partial charge in [0.1, 0.15) is 6.61 Å². The molecule has 6 nitrogen and oxygen atoms in total. The molecule has 0 fully saturated rings. The molecule has 0 saturated carbocycles. The van der Waals surface area contributed by atoms with Gasteiger partial charge in [0, 0.05) is 13.5 Å². The zero-order valence-electron chi connectivity index (χ0n) is 9.32. The molecule has 1 atom stereocenters. The molecule has 0 aromatic rings. The van der Waals surface area contributed by atoms with Gasteiger partial charge in [-0.1, -0.05) is 0 Å². The number of halogens is 2. The highest BCUT2D eigenvalue weighted by atomic mass is 19.3. The van der Waals surface area contributed by atoms with Crippen LogP contribution in [0.25, 0.3) is 0 Å². The fourth-order valence-corrected chi connectivity index (χ4v) is 0.945. The molecule has 0 aliphatic rings. The van der Waals surface area contributed by atoms with Gasteiger partial charge >= 0.3 is 5.97 Å². The van der Waals surface area contributed by atoms with Crippen LogP contribution < -0.4 is 5.32 Å². The first-order chi connectivity index (χ1) is 7.97. The molecular formula is C9H15F2NO5. The van der Waals surface area contributed by atoms with Gasteiger partial charge in [0.2, 0.25) is 5.91 Å². The van der Waals surface area contributed by atoms with E-state index in [9.17, 15) is 18.4 Å². The maximum atomic E-state index is 11.7. The summed E-state index contributed by atoms with van der Waals surface area (Å²) in [5.41, 5.74) is 0. The molecule has 17 heavy (non-hydrogen) atoms. The van der Waals surface area contributed by atoms with Crippen molar-refractivity contribution in [1.29, 1.82) is 0 Å². The number of carbonyl (C=O) groups is 2. The Bertz CT molecular complexity index is 250. The number of hydrogen-bond acceptors (Lipinski definition) is 4. The molecule has 0 bridgehead atoms. The molecule has 0 spiro atoms. The lowest BCUT2D eigenvalue weighted by Crippen LogP contribution is -2.44. The van der Waals surface area contributed by atoms with Crippen LogP contribution in [0.3, 0.4) is 0 Å². The number of amides is 1. The predicted molar refractivity (Wildman–Crippen MR) is 52.9 cm³/mol. The lowest BCUT2D eigenvalue weighted by atomic mass is 10.3. The molecule has 1 unspecified atom stereocenters. The van der Waals surface area contributed by atoms with E-state index >= 15 is 0 Å². The number of methoxy groups -OCH3 is 1. The second-order valence-electron chi connectivity index (χ2n) is 3.13. The summed E-state index contributed by atoms with van der Waals surface area (Å²) in [6.45, 7) is -1.10. The molecule has 0 saturated heterocycles. The van der Waals surface area contributed by atoms with Crippen molar-refractivity contribution in [3.63, 3.8) is 0 Å². The van der Waals surface area contributed by atoms with Crippen LogP contribution in [-0.2, 0) is 19.1 Å². The van der Waals surface area contributed by atoms with E-state index in [1.54, 1.807) is 0 Å². The van der Waals surface area contributed by atoms with Gasteiger partial charge in [0.25, 0.3) is 6.43 Å². The topological polar surface area (TPSA) is 84.9 Å². The summed E-state index contributed by atoms with van der Waals surface area (Å²) in [4.78, 5) is 21.8. The maximum Gasteiger partial charge on any atom is 0.328 e. The number of hydrogen-bond donors (Lipinski definition) is 2. The van der Waals surface area contributed by atoms with Gasteiger partial charge in [0.15, 0.2) is 6.04 Å². The van der Waals surface area contributed by atoms with Crippen LogP contribution in [-0.4, -0.2) is 56.4 Å². The van der Waals surface area contributed by atoms with E-state index in [0.29, 0.717) is 0 Å². The second kappa shape index (κ2) is 8.82. The monoisotopic (exact) mass is 255 g/mol. The summed E-state index contributed by atoms with van der Waals surface area (Å²) >= 11 is 0. The van der Waals surface area contributed by atoms with Crippen molar-refractivity contribution < 1.29 is 33.0 Å². The van der Waals surface area contributed by atoms with Crippen LogP contribution in [0.15, 0.2) is 0 Å². The Hall–Kier alpha value is -1.28. The van der Waals surface area contributed by atoms with Crippen LogP contribution in [0, 0.1) is 0 Å². The van der Waals surface area contributed by atoms with E-state index in [1.165, 1.54) is 7.11 Å². The first-order valence-electron chi connectivity index (χ1n) is 4.84. The van der Waals surface area contributed by atoms with Crippen LogP contribution in [0.4, 0.5) is 8.78 Å². The van der Waals surface area contributed by atoms with Gasteiger partial charge in [-0.25, -0.2) is 13.6 Å². The number of ether oxygens (including phenoxy) is 2. The molecule has 2 N–H and O–H groups in total. The van der Waals surface area contributed by atoms with E-state index in [1.807, 2.05) is 0 Å². The Kier molecular flexibility index (Phi) is 8.16. The number of carboxylic acids is 1. The molecule has 0 heterocycles. The summed E-state index contributed by atoms with van der Waals surface area (Å²) in [5.74, 6) is -1.82. The summed E-state index contributed by atoms with van der Waals surface area (Å²) < 4.78 is 32.4. The van der Waals surface area contributed by atoms with Crippen molar-refractivity contribution in [2.75, 3.05) is 26.9 Å². The largest absolute Gasteiger partial charge is 0.480 e. The number of rotatable bonds is 9. The number of carboxylic acid groups (broad SMARTS) is 1. The Morgan fingerprint density at radius 1 is 1.35 bits per heavy atom. The van der Waals surface area contributed by atoms with Gasteiger partial charge in [-0.15, -0.1) is 0 Å². The van der Waals surface area contributed by atoms with Crippen LogP contribution in [0.2, 0.25) is 0 Å². The molecule has 100 valence electrons. The highest BCUT2D eigenvalue weighted by Crippen LogP contribution is 1.94. The average molecular weight is 255 g/mol. The maximum absolute atomic E-state index is 11.7. The molecule has 0 aliphatic heterocycles. The van der Waals surface area contributed by atoms with E-state index < -0.39 is 31.0 Å². The molecule has 8 heteroatoms. The van der Waals surface area contributed by atoms with Crippen LogP contribution >= 0.6 is 0 Å². The molecule has 0 radical (unpaired) electrons. The van der Waals surface area contributed by atoms with Gasteiger partial charge in [-0.05, 0) is 0 Å². The fourth-order valence-electron chi connectivity index (χ4n) is 0.945. The van der Waals surface area contributed by atoms with Gasteiger partial charge in [0.05, 0.1) is 13.2 Å². The first-order valence-corrected chi connectivity index (χ1v) is 4.84. The summed E-state index contributed by atoms with van der Waals surface area (Å²) in [6.07, 6.45) is -2.77. The van der Waals surface area contributed by atoms with Crippen LogP contribution in [0.1, 0.15) is 6.42 Å². The number of aliphatic carboxylic acids is 1. The zero-order valence-corrected chi connectivity index (χ0v) is 9.32. The summed E-state index contributed by atoms with van der Waals surface area (Å²) in [6, 6.07) is -1.15. The molecular weight excluding hydrogens is 240 g/mol. The first kappa shape index (κ1) is 15.7. The van der Waals surface area contributed by atoms with E-state index in [-0.39, 0.29) is 19.6 Å². The van der Waals surface area contributed by atoms with E-state index in [2.05, 4.69) is 14.8 Å². The SMILES string of the molecule is COCC(NC(=O)CCOCC(F)F)C(=O)O. The van der Waals surface area contributed by atoms with E-state index in [4.69, 9.17) is 5.11 Å². The number of carbonyl (C=O) groups excluding carboxylic acids is 1. The molecule has 1 amide bonds. The number of alkyl halides is 2. The average Bonchev–Trinajstić information content (AvgIpc) is 2.23. The van der Waals surface area contributed by atoms with Crippen molar-refractivity contribution in [3.05, 3.63) is 0 Å². The second-order valence-corrected chi connectivity index (χ2v) is 3.13. The smallest absolute Gasteiger partial charge is 0.328 e. The Labute approximate surface area is 96.9 Å². The fraction of sp³-hybridized carbons (Fsp3) is 0.778. The normalized spacial score (nSPS) is 12.5. The van der Waals surface area contributed by atoms with Crippen molar-refractivity contribution in [1.82, 2.24) is 5.32 Å². The Morgan fingerprint density at radius 2 is 2.00 bits per heavy atom. The minimum atomic E-state index is -2.58. The van der Waals surface area contributed by atoms with Gasteiger partial charge in [-0.2, -0.15) is 0 Å². The number of nitrogens with one attached hydrogen (secondary N) is 1. The lowest BCUT2D eigenvalue weighted by molar-refractivity contribution is -0.143. The molecule has 0 rings (SSSR count). The highest BCUT2D eigenvalue weighted by Gasteiger charge is 2.19. The molecule has 0 aromatic heterocycles. The Morgan fingerprint density at radius 3 is 2.47 bits per heavy atom. The standard InChI is InChI=1S/C9H15F2NO5/c1-16-4-6(9(14)15)12-8(13)2-3-17-5-7(10)11/h6-7H,2-5H2,1H3,(H,12,13)(H,14,15). The quantitative estimate of drug-likeness (QED) is 0.561. The highest BCUT2D eigenvalue weighted by molar-refractivity contribution is 5.83. The van der Waals surface area contributed by atoms with Crippen molar-refractivity contribution >= 4 is 11.9 Å². The summed E-state index contributed by atoms with van der Waals surface area (Å²) in [5, 5.41) is 10.8. The third-order valence-electron chi connectivity index (χ3n) is 1.68. The lowest BCUT2D eigenvalue weighted by Gasteiger charge is -2.13. The van der Waals surface area contributed by atoms with E-state index in [0.717, 1.165) is 0 Å². The third-order valence-corrected chi connectivity index (χ3v) is 1.68. The minimum Gasteiger partial charge on any atom is -0.480 e. The predicted octanol–water partition coefficient (Wildman–Crippen LogP) is -0.126.